The summed E-state index contributed by atoms with van der Waals surface area (Å²) in [7, 11) is 12.5. The Labute approximate surface area is 174 Å². The second-order valence-electron chi connectivity index (χ2n) is 7.63. The van der Waals surface area contributed by atoms with Crippen LogP contribution in [0, 0.1) is 0 Å². The summed E-state index contributed by atoms with van der Waals surface area (Å²) < 4.78 is 5.10. The third-order valence-electron chi connectivity index (χ3n) is 4.14. The van der Waals surface area contributed by atoms with E-state index in [2.05, 4.69) is 35.8 Å². The molecule has 5 nitrogen and oxygen atoms in total. The van der Waals surface area contributed by atoms with Gasteiger partial charge < -0.3 is 24.3 Å². The zero-order valence-electron chi connectivity index (χ0n) is 17.4. The minimum Gasteiger partial charge on any atom is -0.379 e. The number of hydrogen-bond acceptors (Lipinski definition) is 5. The molecule has 27 heavy (non-hydrogen) atoms. The third kappa shape index (κ3) is 28.1. The van der Waals surface area contributed by atoms with Crippen molar-refractivity contribution in [3.63, 3.8) is 0 Å². The van der Waals surface area contributed by atoms with Crippen molar-refractivity contribution in [2.45, 2.75) is 54.4 Å². The first-order valence-corrected chi connectivity index (χ1v) is 9.66. The molecular formula is C22H56N4O. The summed E-state index contributed by atoms with van der Waals surface area (Å²) in [5.74, 6) is 0. The van der Waals surface area contributed by atoms with Crippen LogP contribution < -0.4 is 0 Å². The molecule has 0 unspecified atom stereocenters. The number of piperidine rings is 1. The van der Waals surface area contributed by atoms with Crippen molar-refractivity contribution in [3.05, 3.63) is 0 Å². The van der Waals surface area contributed by atoms with Crippen molar-refractivity contribution in [2.24, 2.45) is 0 Å². The minimum atomic E-state index is 0. The SMILES string of the molecule is C.C.C.CN(C)C.CN1CCCC1.CN1CCCCC1.CN1CCOCC1. The molecule has 0 aromatic rings. The summed E-state index contributed by atoms with van der Waals surface area (Å²) in [6, 6.07) is 0. The van der Waals surface area contributed by atoms with Crippen LogP contribution in [0.2, 0.25) is 0 Å². The van der Waals surface area contributed by atoms with Crippen LogP contribution in [0.1, 0.15) is 54.4 Å². The normalized spacial score (nSPS) is 20.1. The molecule has 3 aliphatic rings. The fourth-order valence-corrected chi connectivity index (χ4v) is 2.58. The standard InChI is InChI=1S/C6H13N.C5H11NO.C5H11N.C3H9N.3CH4/c1-7-5-3-2-4-6-7;1-6-2-4-7-5-3-6;1-6-4-2-3-5-6;1-4(2)3;;;/h2-6H2,1H3;2-5H2,1H3;2-5H2,1H3;1-3H3;3*1H4. The molecule has 170 valence electrons. The topological polar surface area (TPSA) is 22.2 Å². The maximum atomic E-state index is 5.10. The van der Waals surface area contributed by atoms with Gasteiger partial charge in [-0.25, -0.2) is 0 Å². The molecule has 3 heterocycles. The highest BCUT2D eigenvalue weighted by atomic mass is 16.5. The minimum absolute atomic E-state index is 0. The first-order valence-electron chi connectivity index (χ1n) is 9.66. The van der Waals surface area contributed by atoms with Gasteiger partial charge in [-0.15, -0.1) is 0 Å². The second kappa shape index (κ2) is 23.8. The van der Waals surface area contributed by atoms with E-state index in [0.717, 1.165) is 26.3 Å². The van der Waals surface area contributed by atoms with Gasteiger partial charge in [-0.05, 0) is 94.1 Å². The molecule has 0 spiro atoms. The molecule has 0 aliphatic carbocycles. The van der Waals surface area contributed by atoms with Crippen LogP contribution in [0.3, 0.4) is 0 Å². The summed E-state index contributed by atoms with van der Waals surface area (Å²) >= 11 is 0. The van der Waals surface area contributed by atoms with E-state index >= 15 is 0 Å². The molecule has 0 aromatic heterocycles. The van der Waals surface area contributed by atoms with Crippen molar-refractivity contribution in [2.75, 3.05) is 94.8 Å². The Hall–Kier alpha value is -0.200. The van der Waals surface area contributed by atoms with Crippen LogP contribution in [0.15, 0.2) is 0 Å². The first-order chi connectivity index (χ1) is 11.4. The predicted octanol–water partition coefficient (Wildman–Crippen LogP) is 3.85. The molecule has 5 heteroatoms. The van der Waals surface area contributed by atoms with Crippen molar-refractivity contribution >= 4 is 0 Å². The van der Waals surface area contributed by atoms with Crippen molar-refractivity contribution in [3.8, 4) is 0 Å². The molecule has 0 amide bonds. The van der Waals surface area contributed by atoms with Gasteiger partial charge in [-0.2, -0.15) is 0 Å². The summed E-state index contributed by atoms with van der Waals surface area (Å²) in [4.78, 5) is 9.02. The molecule has 0 radical (unpaired) electrons. The summed E-state index contributed by atoms with van der Waals surface area (Å²) in [5.41, 5.74) is 0. The highest BCUT2D eigenvalue weighted by Crippen LogP contribution is 2.04. The molecule has 0 saturated carbocycles. The van der Waals surface area contributed by atoms with Crippen LogP contribution >= 0.6 is 0 Å². The lowest BCUT2D eigenvalue weighted by atomic mass is 10.1. The molecule has 3 saturated heterocycles. The highest BCUT2D eigenvalue weighted by molar-refractivity contribution is 4.59. The predicted molar refractivity (Wildman–Crippen MR) is 126 cm³/mol. The van der Waals surface area contributed by atoms with Gasteiger partial charge in [0.25, 0.3) is 0 Å². The van der Waals surface area contributed by atoms with E-state index in [-0.39, 0.29) is 22.3 Å². The Bertz CT molecular complexity index is 228. The number of ether oxygens (including phenoxy) is 1. The maximum absolute atomic E-state index is 5.10. The quantitative estimate of drug-likeness (QED) is 0.623. The Balaban J connectivity index is -0.000000128. The van der Waals surface area contributed by atoms with E-state index in [1.54, 1.807) is 0 Å². The number of likely N-dealkylation sites (tertiary alicyclic amines) is 2. The summed E-state index contributed by atoms with van der Waals surface area (Å²) in [6.07, 6.45) is 7.10. The van der Waals surface area contributed by atoms with Gasteiger partial charge in [0, 0.05) is 13.1 Å². The van der Waals surface area contributed by atoms with Crippen LogP contribution in [0.4, 0.5) is 0 Å². The number of morpholine rings is 1. The first kappa shape index (κ1) is 34.3. The molecule has 0 aromatic carbocycles. The maximum Gasteiger partial charge on any atom is 0.0594 e. The average molecular weight is 393 g/mol. The van der Waals surface area contributed by atoms with Gasteiger partial charge in [0.1, 0.15) is 0 Å². The second-order valence-corrected chi connectivity index (χ2v) is 7.63. The van der Waals surface area contributed by atoms with E-state index in [1.807, 2.05) is 26.0 Å². The Morgan fingerprint density at radius 3 is 0.926 bits per heavy atom. The van der Waals surface area contributed by atoms with Gasteiger partial charge in [0.05, 0.1) is 13.2 Å². The zero-order chi connectivity index (χ0) is 18.2. The van der Waals surface area contributed by atoms with E-state index < -0.39 is 0 Å². The smallest absolute Gasteiger partial charge is 0.0594 e. The molecule has 3 rings (SSSR count). The van der Waals surface area contributed by atoms with Gasteiger partial charge in [0.15, 0.2) is 0 Å². The van der Waals surface area contributed by atoms with Crippen LogP contribution in [-0.2, 0) is 4.74 Å². The number of rotatable bonds is 0. The van der Waals surface area contributed by atoms with Gasteiger partial charge in [-0.3, -0.25) is 0 Å². The molecule has 0 N–H and O–H groups in total. The van der Waals surface area contributed by atoms with Crippen LogP contribution in [-0.4, -0.2) is 114 Å². The Morgan fingerprint density at radius 1 is 0.519 bits per heavy atom. The van der Waals surface area contributed by atoms with E-state index in [9.17, 15) is 0 Å². The Kier molecular flexibility index (Phi) is 30.3. The number of nitrogens with zero attached hydrogens (tertiary/aromatic N) is 4. The number of likely N-dealkylation sites (N-methyl/N-ethyl adjacent to an activating group) is 1. The van der Waals surface area contributed by atoms with Crippen LogP contribution in [0.5, 0.6) is 0 Å². The largest absolute Gasteiger partial charge is 0.379 e. The van der Waals surface area contributed by atoms with Crippen molar-refractivity contribution in [1.29, 1.82) is 0 Å². The summed E-state index contributed by atoms with van der Waals surface area (Å²) in [6.45, 7) is 9.30. The lowest BCUT2D eigenvalue weighted by molar-refractivity contribution is 0.0503. The molecular weight excluding hydrogens is 336 g/mol. The van der Waals surface area contributed by atoms with E-state index in [0.29, 0.717) is 0 Å². The van der Waals surface area contributed by atoms with Crippen LogP contribution in [0.25, 0.3) is 0 Å². The van der Waals surface area contributed by atoms with Crippen molar-refractivity contribution < 1.29 is 4.74 Å². The lowest BCUT2D eigenvalue weighted by Crippen LogP contribution is -2.32. The molecule has 3 aliphatic heterocycles. The Morgan fingerprint density at radius 2 is 0.778 bits per heavy atom. The molecule has 0 atom stereocenters. The fourth-order valence-electron chi connectivity index (χ4n) is 2.58. The monoisotopic (exact) mass is 392 g/mol. The van der Waals surface area contributed by atoms with Gasteiger partial charge in [0.2, 0.25) is 0 Å². The fraction of sp³-hybridized carbons (Fsp3) is 1.00. The average Bonchev–Trinajstić information content (AvgIpc) is 3.01. The van der Waals surface area contributed by atoms with E-state index in [1.165, 1.54) is 58.3 Å². The van der Waals surface area contributed by atoms with Crippen molar-refractivity contribution in [1.82, 2.24) is 19.6 Å². The third-order valence-corrected chi connectivity index (χ3v) is 4.14. The lowest BCUT2D eigenvalue weighted by Gasteiger charge is -2.21. The highest BCUT2D eigenvalue weighted by Gasteiger charge is 2.03. The van der Waals surface area contributed by atoms with Gasteiger partial charge in [-0.1, -0.05) is 28.7 Å². The molecule has 3 fully saturated rings. The van der Waals surface area contributed by atoms with E-state index in [4.69, 9.17) is 4.74 Å². The molecule has 0 bridgehead atoms. The summed E-state index contributed by atoms with van der Waals surface area (Å²) in [5, 5.41) is 0. The van der Waals surface area contributed by atoms with Gasteiger partial charge >= 0.3 is 0 Å². The zero-order valence-corrected chi connectivity index (χ0v) is 17.4. The number of hydrogen-bond donors (Lipinski definition) is 0.